The molecule has 0 aromatic carbocycles. The summed E-state index contributed by atoms with van der Waals surface area (Å²) in [6.07, 6.45) is 22.1. The van der Waals surface area contributed by atoms with E-state index in [1.165, 1.54) is 70.9 Å². The molecule has 1 aromatic heterocycles. The van der Waals surface area contributed by atoms with Crippen LogP contribution in [0.15, 0.2) is 62.6 Å². The van der Waals surface area contributed by atoms with Gasteiger partial charge in [0.05, 0.1) is 11.1 Å². The van der Waals surface area contributed by atoms with Crippen molar-refractivity contribution in [3.05, 3.63) is 78.0 Å². The molecule has 4 heteroatoms. The van der Waals surface area contributed by atoms with Crippen molar-refractivity contribution in [3.63, 3.8) is 0 Å². The molecule has 3 rings (SSSR count). The first kappa shape index (κ1) is 36.6. The van der Waals surface area contributed by atoms with Crippen molar-refractivity contribution in [2.45, 2.75) is 132 Å². The van der Waals surface area contributed by atoms with E-state index in [-0.39, 0.29) is 11.5 Å². The largest absolute Gasteiger partial charge is 0.506 e. The zero-order valence-corrected chi connectivity index (χ0v) is 30.6. The number of ketones is 1. The Morgan fingerprint density at radius 2 is 1.14 bits per heavy atom. The molecule has 1 aromatic rings. The van der Waals surface area contributed by atoms with Gasteiger partial charge in [0, 0.05) is 25.0 Å². The van der Waals surface area contributed by atoms with Gasteiger partial charge in [-0.25, -0.2) is 0 Å². The lowest BCUT2D eigenvalue weighted by Crippen LogP contribution is -2.21. The average molecular weight is 636 g/mol. The van der Waals surface area contributed by atoms with Crippen LogP contribution in [0.2, 0.25) is 0 Å². The summed E-state index contributed by atoms with van der Waals surface area (Å²) < 4.78 is 0. The molecule has 1 aliphatic carbocycles. The topological polar surface area (TPSA) is 37.3 Å². The van der Waals surface area contributed by atoms with Crippen LogP contribution in [0.5, 0.6) is 0 Å². The fourth-order valence-corrected chi connectivity index (χ4v) is 7.69. The standard InChI is InChI=1S/C40H58O2S2/c1-9-27(5)13-17-33-21-31(22-34(43-33)18-14-28(6)10-2)25-37-39(41)38(40(37)42)26-32-23-35(19-15-29(7)11-3)44-36(24-32)20-16-30(8)12-4/h21-30H,9-20H2,1-8H3/p+1. The van der Waals surface area contributed by atoms with E-state index in [1.807, 2.05) is 35.3 Å². The van der Waals surface area contributed by atoms with Gasteiger partial charge in [0.1, 0.15) is 5.76 Å². The van der Waals surface area contributed by atoms with Gasteiger partial charge >= 0.3 is 0 Å². The zero-order chi connectivity index (χ0) is 32.2. The first-order valence-corrected chi connectivity index (χ1v) is 19.2. The van der Waals surface area contributed by atoms with E-state index in [0.29, 0.717) is 34.8 Å². The minimum atomic E-state index is -0.0489. The van der Waals surface area contributed by atoms with E-state index in [0.717, 1.165) is 36.8 Å². The molecule has 1 aliphatic heterocycles. The summed E-state index contributed by atoms with van der Waals surface area (Å²) in [5.74, 6) is 2.91. The van der Waals surface area contributed by atoms with Crippen molar-refractivity contribution in [2.24, 2.45) is 23.7 Å². The summed E-state index contributed by atoms with van der Waals surface area (Å²) in [5, 5.41) is 11.1. The highest BCUT2D eigenvalue weighted by atomic mass is 32.2. The molecule has 44 heavy (non-hydrogen) atoms. The lowest BCUT2D eigenvalue weighted by molar-refractivity contribution is -0.113. The van der Waals surface area contributed by atoms with Crippen LogP contribution in [0.4, 0.5) is 0 Å². The summed E-state index contributed by atoms with van der Waals surface area (Å²) >= 11 is 3.84. The number of aliphatic hydroxyl groups is 1. The Bertz CT molecular complexity index is 1210. The SMILES string of the molecule is CCC(C)CCC1=CC(=CC2=C(O)/C(=C/c3cc(CCC(C)CC)[s+]c(CCC(C)CC)c3)C2=O)C=C(CCC(C)CC)S1. The molecule has 0 bridgehead atoms. The van der Waals surface area contributed by atoms with Gasteiger partial charge < -0.3 is 5.11 Å². The minimum absolute atomic E-state index is 0.0489. The molecule has 4 atom stereocenters. The Kier molecular flexibility index (Phi) is 15.2. The van der Waals surface area contributed by atoms with Crippen molar-refractivity contribution < 1.29 is 9.90 Å². The van der Waals surface area contributed by atoms with E-state index in [4.69, 9.17) is 0 Å². The Morgan fingerprint density at radius 1 is 0.705 bits per heavy atom. The fraction of sp³-hybridized carbons (Fsp3) is 0.600. The molecule has 1 N–H and O–H groups in total. The van der Waals surface area contributed by atoms with Crippen LogP contribution in [0, 0.1) is 23.7 Å². The van der Waals surface area contributed by atoms with E-state index >= 15 is 0 Å². The number of carbonyl (C=O) groups excluding carboxylic acids is 1. The van der Waals surface area contributed by atoms with Crippen LogP contribution in [-0.2, 0) is 17.6 Å². The maximum absolute atomic E-state index is 13.4. The lowest BCUT2D eigenvalue weighted by Gasteiger charge is -2.22. The number of aliphatic hydroxyl groups excluding tert-OH is 1. The van der Waals surface area contributed by atoms with Gasteiger partial charge in [-0.1, -0.05) is 92.8 Å². The van der Waals surface area contributed by atoms with Gasteiger partial charge in [0.15, 0.2) is 0 Å². The van der Waals surface area contributed by atoms with Crippen molar-refractivity contribution in [1.29, 1.82) is 0 Å². The molecule has 0 fully saturated rings. The second-order valence-electron chi connectivity index (χ2n) is 13.6. The van der Waals surface area contributed by atoms with Gasteiger partial charge in [-0.3, -0.25) is 4.79 Å². The third kappa shape index (κ3) is 11.2. The predicted molar refractivity (Wildman–Crippen MR) is 196 cm³/mol. The Balaban J connectivity index is 1.89. The van der Waals surface area contributed by atoms with Crippen LogP contribution in [0.25, 0.3) is 6.08 Å². The first-order chi connectivity index (χ1) is 21.1. The van der Waals surface area contributed by atoms with Crippen LogP contribution >= 0.6 is 23.1 Å². The van der Waals surface area contributed by atoms with Gasteiger partial charge in [-0.15, -0.1) is 0 Å². The quantitative estimate of drug-likeness (QED) is 0.129. The molecule has 0 saturated heterocycles. The lowest BCUT2D eigenvalue weighted by atomic mass is 9.85. The van der Waals surface area contributed by atoms with Gasteiger partial charge in [0.25, 0.3) is 0 Å². The third-order valence-corrected chi connectivity index (χ3v) is 12.1. The Hall–Kier alpha value is -1.91. The fourth-order valence-electron chi connectivity index (χ4n) is 5.36. The van der Waals surface area contributed by atoms with Gasteiger partial charge in [0.2, 0.25) is 26.9 Å². The molecule has 0 amide bonds. The maximum Gasteiger partial charge on any atom is 0.218 e. The molecule has 0 saturated carbocycles. The van der Waals surface area contributed by atoms with Crippen molar-refractivity contribution >= 4 is 35.0 Å². The summed E-state index contributed by atoms with van der Waals surface area (Å²) in [6.45, 7) is 18.3. The molecule has 2 aliphatic rings. The first-order valence-electron chi connectivity index (χ1n) is 17.5. The number of thioether (sulfide) groups is 1. The number of hydrogen-bond donors (Lipinski definition) is 1. The molecule has 2 nitrogen and oxygen atoms in total. The highest BCUT2D eigenvalue weighted by molar-refractivity contribution is 8.06. The zero-order valence-electron chi connectivity index (χ0n) is 28.9. The van der Waals surface area contributed by atoms with E-state index < -0.39 is 0 Å². The maximum atomic E-state index is 13.4. The smallest absolute Gasteiger partial charge is 0.218 e. The highest BCUT2D eigenvalue weighted by Gasteiger charge is 2.33. The summed E-state index contributed by atoms with van der Waals surface area (Å²) in [5.41, 5.74) is 2.97. The van der Waals surface area contributed by atoms with Crippen molar-refractivity contribution in [2.75, 3.05) is 0 Å². The number of allylic oxidation sites excluding steroid dienone is 8. The van der Waals surface area contributed by atoms with Crippen molar-refractivity contribution in [3.8, 4) is 0 Å². The highest BCUT2D eigenvalue weighted by Crippen LogP contribution is 2.41. The van der Waals surface area contributed by atoms with Crippen LogP contribution < -0.4 is 0 Å². The minimum Gasteiger partial charge on any atom is -0.506 e. The number of hydrogen-bond acceptors (Lipinski definition) is 3. The Labute approximate surface area is 277 Å². The summed E-state index contributed by atoms with van der Waals surface area (Å²) in [4.78, 5) is 18.9. The third-order valence-electron chi connectivity index (χ3n) is 9.78. The number of rotatable bonds is 18. The van der Waals surface area contributed by atoms with Crippen LogP contribution in [-0.4, -0.2) is 10.9 Å². The number of aryl methyl sites for hydroxylation is 2. The molecular weight excluding hydrogens is 577 g/mol. The number of carbonyl (C=O) groups is 1. The van der Waals surface area contributed by atoms with Crippen molar-refractivity contribution in [1.82, 2.24) is 0 Å². The molecular formula is C40H59O2S2+. The predicted octanol–water partition coefficient (Wildman–Crippen LogP) is 12.9. The molecule has 0 spiro atoms. The second kappa shape index (κ2) is 18.3. The van der Waals surface area contributed by atoms with Gasteiger partial charge in [-0.05, 0) is 107 Å². The van der Waals surface area contributed by atoms with E-state index in [2.05, 4.69) is 79.7 Å². The normalized spacial score (nSPS) is 19.0. The molecule has 0 radical (unpaired) electrons. The Morgan fingerprint density at radius 3 is 1.55 bits per heavy atom. The van der Waals surface area contributed by atoms with Gasteiger partial charge in [-0.2, -0.15) is 0 Å². The monoisotopic (exact) mass is 635 g/mol. The molecule has 242 valence electrons. The van der Waals surface area contributed by atoms with E-state index in [9.17, 15) is 9.90 Å². The second-order valence-corrected chi connectivity index (χ2v) is 16.2. The van der Waals surface area contributed by atoms with E-state index in [1.54, 1.807) is 0 Å². The van der Waals surface area contributed by atoms with Crippen LogP contribution in [0.1, 0.15) is 135 Å². The molecule has 2 heterocycles. The summed E-state index contributed by atoms with van der Waals surface area (Å²) in [7, 11) is 0. The summed E-state index contributed by atoms with van der Waals surface area (Å²) in [6, 6.07) is 4.47. The average Bonchev–Trinajstić information content (AvgIpc) is 3.04. The van der Waals surface area contributed by atoms with Crippen LogP contribution in [0.3, 0.4) is 0 Å². The number of Topliss-reactive ketones (excluding diaryl/α,β-unsaturated/α-hetero) is 1. The molecule has 4 unspecified atom stereocenters.